The number of halogens is 2. The molecule has 0 heterocycles. The normalized spacial score (nSPS) is 14.4. The van der Waals surface area contributed by atoms with Gasteiger partial charge in [0, 0.05) is 6.04 Å². The van der Waals surface area contributed by atoms with E-state index in [0.29, 0.717) is 0 Å². The molecule has 0 amide bonds. The number of hydrogen-bond acceptors (Lipinski definition) is 3. The number of hydrogen-bond donors (Lipinski definition) is 2. The molecule has 0 aliphatic rings. The van der Waals surface area contributed by atoms with Gasteiger partial charge < -0.3 is 15.2 Å². The number of aliphatic hydroxyl groups is 1. The molecule has 1 aromatic rings. The highest BCUT2D eigenvalue weighted by molar-refractivity contribution is 5.28. The molecular formula is C14H21F2NO2. The average molecular weight is 273 g/mol. The van der Waals surface area contributed by atoms with Crippen LogP contribution in [0.25, 0.3) is 0 Å². The molecular weight excluding hydrogens is 252 g/mol. The number of alkyl halides is 2. The molecule has 0 saturated heterocycles. The van der Waals surface area contributed by atoms with Crippen molar-refractivity contribution in [3.05, 3.63) is 29.8 Å². The van der Waals surface area contributed by atoms with E-state index in [9.17, 15) is 8.78 Å². The second kappa shape index (κ2) is 8.07. The van der Waals surface area contributed by atoms with Gasteiger partial charge in [0.05, 0.1) is 6.10 Å². The summed E-state index contributed by atoms with van der Waals surface area (Å²) >= 11 is 0. The molecule has 2 unspecified atom stereocenters. The molecule has 0 aromatic heterocycles. The summed E-state index contributed by atoms with van der Waals surface area (Å²) in [6.07, 6.45) is 1.39. The summed E-state index contributed by atoms with van der Waals surface area (Å²) in [6, 6.07) is 6.74. The van der Waals surface area contributed by atoms with Crippen molar-refractivity contribution in [1.29, 1.82) is 0 Å². The van der Waals surface area contributed by atoms with Gasteiger partial charge in [-0.15, -0.1) is 0 Å². The Morgan fingerprint density at radius 1 is 1.21 bits per heavy atom. The lowest BCUT2D eigenvalue weighted by Gasteiger charge is -2.15. The molecule has 19 heavy (non-hydrogen) atoms. The van der Waals surface area contributed by atoms with Crippen molar-refractivity contribution in [2.45, 2.75) is 45.4 Å². The maximum Gasteiger partial charge on any atom is 0.387 e. The van der Waals surface area contributed by atoms with Crippen LogP contribution in [0.2, 0.25) is 0 Å². The molecule has 2 N–H and O–H groups in total. The Labute approximate surface area is 112 Å². The van der Waals surface area contributed by atoms with Gasteiger partial charge in [-0.2, -0.15) is 8.78 Å². The van der Waals surface area contributed by atoms with E-state index in [1.54, 1.807) is 19.1 Å². The minimum atomic E-state index is -2.79. The molecule has 0 bridgehead atoms. The highest BCUT2D eigenvalue weighted by atomic mass is 19.3. The molecule has 0 radical (unpaired) electrons. The Morgan fingerprint density at radius 3 is 2.37 bits per heavy atom. The van der Waals surface area contributed by atoms with Crippen LogP contribution in [0.5, 0.6) is 5.75 Å². The summed E-state index contributed by atoms with van der Waals surface area (Å²) < 4.78 is 28.3. The van der Waals surface area contributed by atoms with Crippen LogP contribution in [0, 0.1) is 0 Å². The minimum Gasteiger partial charge on any atom is -0.435 e. The minimum absolute atomic E-state index is 0.134. The van der Waals surface area contributed by atoms with Crippen LogP contribution in [0.15, 0.2) is 24.3 Å². The van der Waals surface area contributed by atoms with Crippen LogP contribution in [0.1, 0.15) is 38.3 Å². The van der Waals surface area contributed by atoms with Crippen LogP contribution >= 0.6 is 0 Å². The van der Waals surface area contributed by atoms with E-state index in [1.807, 2.05) is 6.92 Å². The smallest absolute Gasteiger partial charge is 0.387 e. The molecule has 3 nitrogen and oxygen atoms in total. The van der Waals surface area contributed by atoms with Gasteiger partial charge in [-0.1, -0.05) is 12.1 Å². The fraction of sp³-hybridized carbons (Fsp3) is 0.571. The number of nitrogens with one attached hydrogen (secondary N) is 1. The molecule has 0 fully saturated rings. The maximum atomic E-state index is 12.0. The Bertz CT molecular complexity index is 355. The number of rotatable bonds is 8. The van der Waals surface area contributed by atoms with Crippen LogP contribution in [-0.4, -0.2) is 24.4 Å². The molecule has 108 valence electrons. The van der Waals surface area contributed by atoms with E-state index >= 15 is 0 Å². The van der Waals surface area contributed by atoms with Gasteiger partial charge in [0.25, 0.3) is 0 Å². The first-order valence-electron chi connectivity index (χ1n) is 6.45. The largest absolute Gasteiger partial charge is 0.435 e. The highest BCUT2D eigenvalue weighted by Crippen LogP contribution is 2.19. The zero-order valence-electron chi connectivity index (χ0n) is 11.3. The van der Waals surface area contributed by atoms with Crippen molar-refractivity contribution in [2.75, 3.05) is 6.54 Å². The summed E-state index contributed by atoms with van der Waals surface area (Å²) in [5.41, 5.74) is 1.01. The van der Waals surface area contributed by atoms with Gasteiger partial charge >= 0.3 is 6.61 Å². The fourth-order valence-corrected chi connectivity index (χ4v) is 1.77. The van der Waals surface area contributed by atoms with Crippen LogP contribution < -0.4 is 10.1 Å². The van der Waals surface area contributed by atoms with E-state index in [-0.39, 0.29) is 17.9 Å². The monoisotopic (exact) mass is 273 g/mol. The van der Waals surface area contributed by atoms with E-state index < -0.39 is 6.61 Å². The lowest BCUT2D eigenvalue weighted by atomic mass is 10.1. The summed E-state index contributed by atoms with van der Waals surface area (Å²) in [4.78, 5) is 0. The van der Waals surface area contributed by atoms with Crippen molar-refractivity contribution in [2.24, 2.45) is 0 Å². The van der Waals surface area contributed by atoms with Crippen LogP contribution in [-0.2, 0) is 0 Å². The predicted octanol–water partition coefficient (Wildman–Crippen LogP) is 3.10. The summed E-state index contributed by atoms with van der Waals surface area (Å²) in [5, 5.41) is 12.4. The molecule has 1 rings (SSSR count). The highest BCUT2D eigenvalue weighted by Gasteiger charge is 2.07. The first kappa shape index (κ1) is 15.9. The third-order valence-electron chi connectivity index (χ3n) is 2.85. The molecule has 0 saturated carbocycles. The molecule has 0 aliphatic carbocycles. The van der Waals surface area contributed by atoms with Crippen molar-refractivity contribution in [3.63, 3.8) is 0 Å². The summed E-state index contributed by atoms with van der Waals surface area (Å²) in [5.74, 6) is 0.167. The van der Waals surface area contributed by atoms with Gasteiger partial charge in [0.2, 0.25) is 0 Å². The molecule has 0 aliphatic heterocycles. The second-order valence-electron chi connectivity index (χ2n) is 4.61. The van der Waals surface area contributed by atoms with Crippen molar-refractivity contribution < 1.29 is 18.6 Å². The lowest BCUT2D eigenvalue weighted by Crippen LogP contribution is -2.20. The number of benzene rings is 1. The first-order chi connectivity index (χ1) is 8.99. The Morgan fingerprint density at radius 2 is 1.84 bits per heavy atom. The zero-order valence-corrected chi connectivity index (χ0v) is 11.3. The Hall–Kier alpha value is -1.20. The number of ether oxygens (including phenoxy) is 1. The standard InChI is InChI=1S/C14H21F2NO2/c1-10(18)4-3-9-17-11(2)12-5-7-13(8-6-12)19-14(15)16/h5-8,10-11,14,17-18H,3-4,9H2,1-2H3. The lowest BCUT2D eigenvalue weighted by molar-refractivity contribution is -0.0498. The van der Waals surface area contributed by atoms with Crippen LogP contribution in [0.4, 0.5) is 8.78 Å². The first-order valence-corrected chi connectivity index (χ1v) is 6.45. The van der Waals surface area contributed by atoms with Gasteiger partial charge in [-0.25, -0.2) is 0 Å². The van der Waals surface area contributed by atoms with E-state index in [4.69, 9.17) is 5.11 Å². The van der Waals surface area contributed by atoms with E-state index in [0.717, 1.165) is 24.9 Å². The third kappa shape index (κ3) is 6.50. The molecule has 0 spiro atoms. The van der Waals surface area contributed by atoms with Crippen molar-refractivity contribution >= 4 is 0 Å². The van der Waals surface area contributed by atoms with E-state index in [1.165, 1.54) is 12.1 Å². The average Bonchev–Trinajstić information content (AvgIpc) is 2.34. The Kier molecular flexibility index (Phi) is 6.73. The number of aliphatic hydroxyl groups excluding tert-OH is 1. The molecule has 2 atom stereocenters. The fourth-order valence-electron chi connectivity index (χ4n) is 1.77. The quantitative estimate of drug-likeness (QED) is 0.715. The van der Waals surface area contributed by atoms with Crippen molar-refractivity contribution in [1.82, 2.24) is 5.32 Å². The van der Waals surface area contributed by atoms with E-state index in [2.05, 4.69) is 10.1 Å². The van der Waals surface area contributed by atoms with Gasteiger partial charge in [-0.3, -0.25) is 0 Å². The maximum absolute atomic E-state index is 12.0. The predicted molar refractivity (Wildman–Crippen MR) is 70.4 cm³/mol. The SMILES string of the molecule is CC(O)CCCNC(C)c1ccc(OC(F)F)cc1. The van der Waals surface area contributed by atoms with Crippen LogP contribution in [0.3, 0.4) is 0 Å². The third-order valence-corrected chi connectivity index (χ3v) is 2.85. The summed E-state index contributed by atoms with van der Waals surface area (Å²) in [6.45, 7) is 1.79. The second-order valence-corrected chi connectivity index (χ2v) is 4.61. The molecule has 1 aromatic carbocycles. The zero-order chi connectivity index (χ0) is 14.3. The van der Waals surface area contributed by atoms with Gasteiger partial charge in [-0.05, 0) is 50.9 Å². The topological polar surface area (TPSA) is 41.5 Å². The van der Waals surface area contributed by atoms with Crippen molar-refractivity contribution in [3.8, 4) is 5.75 Å². The van der Waals surface area contributed by atoms with Gasteiger partial charge in [0.15, 0.2) is 0 Å². The summed E-state index contributed by atoms with van der Waals surface area (Å²) in [7, 11) is 0. The van der Waals surface area contributed by atoms with Gasteiger partial charge in [0.1, 0.15) is 5.75 Å². The molecule has 5 heteroatoms. The Balaban J connectivity index is 2.37.